The first kappa shape index (κ1) is 28.0. The molecular weight excluding hydrogens is 508 g/mol. The summed E-state index contributed by atoms with van der Waals surface area (Å²) in [4.78, 5) is 11.8. The lowest BCUT2D eigenvalue weighted by molar-refractivity contribution is -0.317. The molecule has 14 atom stereocenters. The number of carbonyl (C=O) groups is 1. The van der Waals surface area contributed by atoms with Gasteiger partial charge in [0.15, 0.2) is 6.29 Å². The second-order valence-corrected chi connectivity index (χ2v) is 13.6. The normalized spacial score (nSPS) is 55.3. The van der Waals surface area contributed by atoms with Crippen LogP contribution in [0.2, 0.25) is 0 Å². The smallest absolute Gasteiger partial charge is 0.331 e. The van der Waals surface area contributed by atoms with Gasteiger partial charge in [-0.25, -0.2) is 4.79 Å². The van der Waals surface area contributed by atoms with Crippen LogP contribution in [0, 0.1) is 34.5 Å². The lowest BCUT2D eigenvalue weighted by Crippen LogP contribution is -2.67. The molecule has 6 rings (SSSR count). The number of aliphatic hydroxyl groups is 6. The van der Waals surface area contributed by atoms with Crippen LogP contribution in [0.25, 0.3) is 0 Å². The second-order valence-electron chi connectivity index (χ2n) is 13.6. The van der Waals surface area contributed by atoms with Gasteiger partial charge in [0.1, 0.15) is 31.0 Å². The monoisotopic (exact) mass is 552 g/mol. The number of hydrogen-bond acceptors (Lipinski definition) is 10. The fourth-order valence-electron chi connectivity index (χ4n) is 9.84. The Kier molecular flexibility index (Phi) is 6.99. The molecule has 0 amide bonds. The van der Waals surface area contributed by atoms with E-state index >= 15 is 0 Å². The highest BCUT2D eigenvalue weighted by atomic mass is 16.7. The molecule has 4 saturated carbocycles. The van der Waals surface area contributed by atoms with Crippen LogP contribution in [0.4, 0.5) is 0 Å². The number of aliphatic hydroxyl groups excluding tert-OH is 5. The molecule has 220 valence electrons. The quantitative estimate of drug-likeness (QED) is 0.212. The van der Waals surface area contributed by atoms with Crippen molar-refractivity contribution in [1.82, 2.24) is 0 Å². The Morgan fingerprint density at radius 2 is 1.74 bits per heavy atom. The Morgan fingerprint density at radius 3 is 2.44 bits per heavy atom. The SMILES string of the molecule is C[C@]12[C@H](O)CC3C(CC[C@@H]4C[C@@H](O[C@@H]5O[C@H](CO)[C@@H](O)[C@H](O)[C@H]5O)CC[C@]34C)[C@@]1(O)CC[C@@H]2C1=CC(=O)OC1. The fraction of sp³-hybridized carbons (Fsp3) is 0.897. The van der Waals surface area contributed by atoms with Crippen LogP contribution in [0.5, 0.6) is 0 Å². The summed E-state index contributed by atoms with van der Waals surface area (Å²) in [5, 5.41) is 64.3. The molecule has 4 aliphatic carbocycles. The van der Waals surface area contributed by atoms with E-state index in [2.05, 4.69) is 6.92 Å². The molecule has 1 saturated heterocycles. The Labute approximate surface area is 229 Å². The van der Waals surface area contributed by atoms with Crippen molar-refractivity contribution in [2.75, 3.05) is 13.2 Å². The molecule has 0 spiro atoms. The van der Waals surface area contributed by atoms with Crippen LogP contribution in [0.1, 0.15) is 65.2 Å². The number of fused-ring (bicyclic) bond motifs is 5. The average molecular weight is 553 g/mol. The number of rotatable bonds is 4. The van der Waals surface area contributed by atoms with Crippen LogP contribution >= 0.6 is 0 Å². The maximum Gasteiger partial charge on any atom is 0.331 e. The molecular formula is C29H44O10. The minimum absolute atomic E-state index is 0.0543. The maximum absolute atomic E-state index is 12.4. The van der Waals surface area contributed by atoms with Crippen molar-refractivity contribution in [2.45, 2.75) is 114 Å². The lowest BCUT2D eigenvalue weighted by atomic mass is 9.42. The van der Waals surface area contributed by atoms with Crippen molar-refractivity contribution in [3.63, 3.8) is 0 Å². The van der Waals surface area contributed by atoms with Gasteiger partial charge in [-0.2, -0.15) is 0 Å². The van der Waals surface area contributed by atoms with Crippen LogP contribution in [0.15, 0.2) is 11.6 Å². The molecule has 0 aromatic heterocycles. The van der Waals surface area contributed by atoms with Crippen molar-refractivity contribution in [1.29, 1.82) is 0 Å². The summed E-state index contributed by atoms with van der Waals surface area (Å²) in [6.45, 7) is 4.04. The molecule has 0 aromatic carbocycles. The molecule has 5 fully saturated rings. The molecule has 0 bridgehead atoms. The minimum atomic E-state index is -1.47. The molecule has 6 aliphatic rings. The zero-order valence-corrected chi connectivity index (χ0v) is 22.8. The third-order valence-corrected chi connectivity index (χ3v) is 12.2. The van der Waals surface area contributed by atoms with Gasteiger partial charge in [0.05, 0.1) is 24.4 Å². The molecule has 2 unspecified atom stereocenters. The van der Waals surface area contributed by atoms with Gasteiger partial charge in [-0.1, -0.05) is 13.8 Å². The molecule has 10 heteroatoms. The first-order chi connectivity index (χ1) is 18.4. The number of esters is 1. The lowest BCUT2D eigenvalue weighted by Gasteiger charge is -2.65. The van der Waals surface area contributed by atoms with E-state index in [9.17, 15) is 35.4 Å². The van der Waals surface area contributed by atoms with E-state index in [1.807, 2.05) is 6.92 Å². The Bertz CT molecular complexity index is 1000. The predicted molar refractivity (Wildman–Crippen MR) is 136 cm³/mol. The summed E-state index contributed by atoms with van der Waals surface area (Å²) in [5.41, 5.74) is -0.966. The summed E-state index contributed by atoms with van der Waals surface area (Å²) in [6, 6.07) is 0. The highest BCUT2D eigenvalue weighted by Crippen LogP contribution is 2.70. The number of hydrogen-bond donors (Lipinski definition) is 6. The molecule has 2 aliphatic heterocycles. The summed E-state index contributed by atoms with van der Waals surface area (Å²) in [5.74, 6) is 0.0646. The first-order valence-electron chi connectivity index (χ1n) is 14.7. The Balaban J connectivity index is 1.18. The van der Waals surface area contributed by atoms with Gasteiger partial charge in [0, 0.05) is 11.5 Å². The fourth-order valence-corrected chi connectivity index (χ4v) is 9.84. The number of ether oxygens (including phenoxy) is 3. The third-order valence-electron chi connectivity index (χ3n) is 12.2. The van der Waals surface area contributed by atoms with Crippen molar-refractivity contribution < 1.29 is 49.6 Å². The van der Waals surface area contributed by atoms with Gasteiger partial charge in [0.25, 0.3) is 0 Å². The molecule has 6 N–H and O–H groups in total. The average Bonchev–Trinajstić information content (AvgIpc) is 3.46. The largest absolute Gasteiger partial charge is 0.458 e. The van der Waals surface area contributed by atoms with Crippen LogP contribution in [0.3, 0.4) is 0 Å². The van der Waals surface area contributed by atoms with Gasteiger partial charge >= 0.3 is 5.97 Å². The highest BCUT2D eigenvalue weighted by molar-refractivity contribution is 5.85. The zero-order valence-electron chi connectivity index (χ0n) is 22.8. The third kappa shape index (κ3) is 4.00. The van der Waals surface area contributed by atoms with Crippen molar-refractivity contribution in [3.05, 3.63) is 11.6 Å². The van der Waals surface area contributed by atoms with Crippen molar-refractivity contribution in [2.24, 2.45) is 34.5 Å². The molecule has 0 aromatic rings. The standard InChI is InChI=1S/C29H44O10/c1-27-7-5-16(38-26-25(35)24(34)23(33)20(12-30)39-26)10-15(27)3-4-18-19(27)11-21(31)28(2)17(6-8-29(18,28)36)14-9-22(32)37-13-14/h9,15-21,23-26,30-31,33-36H,3-8,10-13H2,1-2H3/t15-,16+,17-,18?,19?,20-,21-,23-,24+,25-,26-,27+,28+,29+/m1/s1. The zero-order chi connectivity index (χ0) is 27.9. The summed E-state index contributed by atoms with van der Waals surface area (Å²) >= 11 is 0. The van der Waals surface area contributed by atoms with E-state index in [1.54, 1.807) is 6.08 Å². The van der Waals surface area contributed by atoms with Gasteiger partial charge in [-0.3, -0.25) is 0 Å². The van der Waals surface area contributed by atoms with E-state index in [-0.39, 0.29) is 41.8 Å². The Hall–Kier alpha value is -1.11. The van der Waals surface area contributed by atoms with E-state index in [0.29, 0.717) is 25.2 Å². The number of carbonyl (C=O) groups excluding carboxylic acids is 1. The predicted octanol–water partition coefficient (Wildman–Crippen LogP) is 0.399. The molecule has 0 radical (unpaired) electrons. The van der Waals surface area contributed by atoms with E-state index < -0.39 is 54.4 Å². The molecule has 39 heavy (non-hydrogen) atoms. The minimum Gasteiger partial charge on any atom is -0.458 e. The Morgan fingerprint density at radius 1 is 0.974 bits per heavy atom. The highest BCUT2D eigenvalue weighted by Gasteiger charge is 2.70. The van der Waals surface area contributed by atoms with Gasteiger partial charge in [0.2, 0.25) is 0 Å². The van der Waals surface area contributed by atoms with Gasteiger partial charge < -0.3 is 44.8 Å². The summed E-state index contributed by atoms with van der Waals surface area (Å²) in [7, 11) is 0. The van der Waals surface area contributed by atoms with Crippen molar-refractivity contribution >= 4 is 5.97 Å². The van der Waals surface area contributed by atoms with Crippen LogP contribution < -0.4 is 0 Å². The second kappa shape index (κ2) is 9.73. The van der Waals surface area contributed by atoms with E-state index in [1.165, 1.54) is 0 Å². The summed E-state index contributed by atoms with van der Waals surface area (Å²) in [6.07, 6.45) is 0.134. The maximum atomic E-state index is 12.4. The molecule has 2 heterocycles. The van der Waals surface area contributed by atoms with E-state index in [0.717, 1.165) is 37.7 Å². The summed E-state index contributed by atoms with van der Waals surface area (Å²) < 4.78 is 16.9. The van der Waals surface area contributed by atoms with Gasteiger partial charge in [-0.15, -0.1) is 0 Å². The first-order valence-corrected chi connectivity index (χ1v) is 14.7. The van der Waals surface area contributed by atoms with Crippen LogP contribution in [-0.4, -0.2) is 98.3 Å². The van der Waals surface area contributed by atoms with E-state index in [4.69, 9.17) is 14.2 Å². The van der Waals surface area contributed by atoms with Crippen LogP contribution in [-0.2, 0) is 19.0 Å². The topological polar surface area (TPSA) is 166 Å². The van der Waals surface area contributed by atoms with Gasteiger partial charge in [-0.05, 0) is 86.0 Å². The molecule has 10 nitrogen and oxygen atoms in total. The number of cyclic esters (lactones) is 1. The van der Waals surface area contributed by atoms with Crippen molar-refractivity contribution in [3.8, 4) is 0 Å².